The second-order valence-corrected chi connectivity index (χ2v) is 9.83. The molecule has 1 spiro atoms. The minimum atomic E-state index is -0.861. The molecule has 0 aromatic heterocycles. The van der Waals surface area contributed by atoms with E-state index in [-0.39, 0.29) is 23.4 Å². The highest BCUT2D eigenvalue weighted by Crippen LogP contribution is 2.63. The van der Waals surface area contributed by atoms with Crippen molar-refractivity contribution >= 4 is 23.5 Å². The van der Waals surface area contributed by atoms with Crippen molar-refractivity contribution in [3.63, 3.8) is 0 Å². The van der Waals surface area contributed by atoms with Gasteiger partial charge in [-0.15, -0.1) is 0 Å². The Bertz CT molecular complexity index is 1370. The van der Waals surface area contributed by atoms with Crippen LogP contribution >= 0.6 is 0 Å². The molecule has 36 heavy (non-hydrogen) atoms. The van der Waals surface area contributed by atoms with Gasteiger partial charge in [0.25, 0.3) is 5.69 Å². The highest BCUT2D eigenvalue weighted by Gasteiger charge is 2.72. The largest absolute Gasteiger partial charge is 0.493 e. The molecule has 2 bridgehead atoms. The van der Waals surface area contributed by atoms with Gasteiger partial charge >= 0.3 is 0 Å². The number of carbonyl (C=O) groups excluding carboxylic acids is 2. The number of hydrogen-bond donors (Lipinski definition) is 1. The number of ether oxygens (including phenoxy) is 2. The molecule has 4 aliphatic rings. The Morgan fingerprint density at radius 1 is 1.28 bits per heavy atom. The number of non-ortho nitro benzene ring substituents is 1. The molecule has 2 aliphatic carbocycles. The molecule has 1 amide bonds. The van der Waals surface area contributed by atoms with Gasteiger partial charge in [0.15, 0.2) is 23.4 Å². The fourth-order valence-electron chi connectivity index (χ4n) is 6.68. The van der Waals surface area contributed by atoms with Crippen molar-refractivity contribution in [2.24, 2.45) is 0 Å². The first-order chi connectivity index (χ1) is 17.3. The average Bonchev–Trinajstić information content (AvgIpc) is 3.23. The summed E-state index contributed by atoms with van der Waals surface area (Å²) in [7, 11) is 3.63. The van der Waals surface area contributed by atoms with E-state index in [1.165, 1.54) is 18.2 Å². The standard InChI is InChI=1S/C27H25N3O6/c1-29-14-13-26-23-17-6-9-20(35-2)24(23)36-25(26)19(31)11-12-27(26,21(29)15-17)28-22(32)10-5-16-3-7-18(8-4-16)30(33)34/h3-12,21,25H,13-15H2,1-2H3,(H,28,32)/b10-5+/t21-,25+,26+,27-/m1/s1. The molecule has 184 valence electrons. The molecular formula is C27H25N3O6. The lowest BCUT2D eigenvalue weighted by Gasteiger charge is -2.62. The molecule has 9 heteroatoms. The summed E-state index contributed by atoms with van der Waals surface area (Å²) in [5.74, 6) is 0.752. The number of likely N-dealkylation sites (N-methyl/N-ethyl adjacent to an activating group) is 1. The summed E-state index contributed by atoms with van der Waals surface area (Å²) < 4.78 is 11.9. The summed E-state index contributed by atoms with van der Waals surface area (Å²) in [6, 6.07) is 9.84. The SMILES string of the molecule is COc1ccc2c3c1O[C@H]1C(=O)C=C[C@@]4(NC(=O)/C=C/c5ccc([N+](=O)[O-])cc5)[C@@H](C2)N(C)CC[C@]314. The fraction of sp³-hybridized carbons (Fsp3) is 0.333. The zero-order valence-electron chi connectivity index (χ0n) is 19.9. The molecular weight excluding hydrogens is 462 g/mol. The molecule has 2 aromatic rings. The van der Waals surface area contributed by atoms with Crippen molar-refractivity contribution in [3.05, 3.63) is 81.4 Å². The number of likely N-dealkylation sites (tertiary alicyclic amines) is 1. The summed E-state index contributed by atoms with van der Waals surface area (Å²) in [5.41, 5.74) is 1.13. The third-order valence-electron chi connectivity index (χ3n) is 8.26. The van der Waals surface area contributed by atoms with Crippen molar-refractivity contribution in [1.29, 1.82) is 0 Å². The van der Waals surface area contributed by atoms with Crippen LogP contribution < -0.4 is 14.8 Å². The number of nitro groups is 1. The van der Waals surface area contributed by atoms with Crippen molar-refractivity contribution in [1.82, 2.24) is 10.2 Å². The van der Waals surface area contributed by atoms with Crippen LogP contribution in [-0.4, -0.2) is 59.9 Å². The number of hydrogen-bond acceptors (Lipinski definition) is 7. The molecule has 1 saturated heterocycles. The molecule has 0 saturated carbocycles. The van der Waals surface area contributed by atoms with Gasteiger partial charge in [0.2, 0.25) is 5.91 Å². The quantitative estimate of drug-likeness (QED) is 0.392. The summed E-state index contributed by atoms with van der Waals surface area (Å²) in [6.45, 7) is 0.762. The van der Waals surface area contributed by atoms with E-state index in [4.69, 9.17) is 9.47 Å². The maximum absolute atomic E-state index is 13.4. The summed E-state index contributed by atoms with van der Waals surface area (Å²) in [6.07, 6.45) is 7.04. The first kappa shape index (κ1) is 22.5. The van der Waals surface area contributed by atoms with Crippen LogP contribution in [0.3, 0.4) is 0 Å². The third kappa shape index (κ3) is 2.86. The van der Waals surface area contributed by atoms with E-state index in [2.05, 4.69) is 10.2 Å². The lowest BCUT2D eigenvalue weighted by atomic mass is 9.49. The molecule has 2 heterocycles. The minimum Gasteiger partial charge on any atom is -0.493 e. The first-order valence-electron chi connectivity index (χ1n) is 11.9. The Kier molecular flexibility index (Phi) is 4.85. The number of ketones is 1. The zero-order chi connectivity index (χ0) is 25.2. The maximum atomic E-state index is 13.4. The molecule has 1 N–H and O–H groups in total. The summed E-state index contributed by atoms with van der Waals surface area (Å²) >= 11 is 0. The minimum absolute atomic E-state index is 0.0122. The van der Waals surface area contributed by atoms with Gasteiger partial charge in [0, 0.05) is 29.8 Å². The van der Waals surface area contributed by atoms with Crippen LogP contribution in [0.25, 0.3) is 6.08 Å². The number of nitro benzene ring substituents is 1. The first-order valence-corrected chi connectivity index (χ1v) is 11.9. The Labute approximate surface area is 207 Å². The number of nitrogens with zero attached hydrogens (tertiary/aromatic N) is 2. The lowest BCUT2D eigenvalue weighted by Crippen LogP contribution is -2.80. The summed E-state index contributed by atoms with van der Waals surface area (Å²) in [4.78, 5) is 39.2. The third-order valence-corrected chi connectivity index (χ3v) is 8.26. The predicted molar refractivity (Wildman–Crippen MR) is 131 cm³/mol. The van der Waals surface area contributed by atoms with Crippen LogP contribution in [0, 0.1) is 10.1 Å². The number of benzene rings is 2. The van der Waals surface area contributed by atoms with Crippen molar-refractivity contribution < 1.29 is 24.0 Å². The number of amides is 1. The van der Waals surface area contributed by atoms with Gasteiger partial charge < -0.3 is 19.7 Å². The van der Waals surface area contributed by atoms with E-state index in [0.29, 0.717) is 29.9 Å². The molecule has 6 rings (SSSR count). The number of rotatable bonds is 5. The summed E-state index contributed by atoms with van der Waals surface area (Å²) in [5, 5.41) is 14.2. The Balaban J connectivity index is 1.42. The smallest absolute Gasteiger partial charge is 0.269 e. The molecule has 9 nitrogen and oxygen atoms in total. The van der Waals surface area contributed by atoms with Gasteiger partial charge in [-0.1, -0.05) is 12.1 Å². The van der Waals surface area contributed by atoms with Gasteiger partial charge in [-0.25, -0.2) is 0 Å². The van der Waals surface area contributed by atoms with E-state index < -0.39 is 22.0 Å². The molecule has 2 aliphatic heterocycles. The van der Waals surface area contributed by atoms with E-state index >= 15 is 0 Å². The van der Waals surface area contributed by atoms with Gasteiger partial charge in [-0.2, -0.15) is 0 Å². The topological polar surface area (TPSA) is 111 Å². The van der Waals surface area contributed by atoms with Crippen LogP contribution in [-0.2, 0) is 21.4 Å². The Morgan fingerprint density at radius 3 is 2.78 bits per heavy atom. The van der Waals surface area contributed by atoms with Gasteiger partial charge in [0.05, 0.1) is 23.0 Å². The monoisotopic (exact) mass is 487 g/mol. The maximum Gasteiger partial charge on any atom is 0.269 e. The van der Waals surface area contributed by atoms with Crippen molar-refractivity contribution in [3.8, 4) is 11.5 Å². The second kappa shape index (κ2) is 7.76. The van der Waals surface area contributed by atoms with E-state index in [1.54, 1.807) is 31.4 Å². The zero-order valence-corrected chi connectivity index (χ0v) is 19.9. The normalized spacial score (nSPS) is 29.6. The highest BCUT2D eigenvalue weighted by molar-refractivity contribution is 6.00. The van der Waals surface area contributed by atoms with E-state index in [9.17, 15) is 19.7 Å². The lowest BCUT2D eigenvalue weighted by molar-refractivity contribution is -0.384. The van der Waals surface area contributed by atoms with E-state index in [1.807, 2.05) is 25.3 Å². The van der Waals surface area contributed by atoms with Crippen molar-refractivity contribution in [2.45, 2.75) is 35.9 Å². The predicted octanol–water partition coefficient (Wildman–Crippen LogP) is 2.57. The molecule has 0 radical (unpaired) electrons. The highest BCUT2D eigenvalue weighted by atomic mass is 16.6. The van der Waals surface area contributed by atoms with Gasteiger partial charge in [-0.3, -0.25) is 19.7 Å². The average molecular weight is 488 g/mol. The number of carbonyl (C=O) groups is 2. The second-order valence-electron chi connectivity index (χ2n) is 9.83. The van der Waals surface area contributed by atoms with Crippen LogP contribution in [0.2, 0.25) is 0 Å². The Hall–Kier alpha value is -3.98. The number of piperidine rings is 1. The Morgan fingerprint density at radius 2 is 2.06 bits per heavy atom. The fourth-order valence-corrected chi connectivity index (χ4v) is 6.68. The van der Waals surface area contributed by atoms with Crippen LogP contribution in [0.4, 0.5) is 5.69 Å². The number of methoxy groups -OCH3 is 1. The molecule has 0 unspecified atom stereocenters. The molecule has 4 atom stereocenters. The molecule has 2 aromatic carbocycles. The number of nitrogens with one attached hydrogen (secondary N) is 1. The van der Waals surface area contributed by atoms with Gasteiger partial charge in [0.1, 0.15) is 0 Å². The van der Waals surface area contributed by atoms with Crippen LogP contribution in [0.15, 0.2) is 54.6 Å². The van der Waals surface area contributed by atoms with E-state index in [0.717, 1.165) is 17.7 Å². The van der Waals surface area contributed by atoms with Crippen LogP contribution in [0.1, 0.15) is 23.1 Å². The van der Waals surface area contributed by atoms with Gasteiger partial charge in [-0.05, 0) is 67.9 Å². The van der Waals surface area contributed by atoms with Crippen LogP contribution in [0.5, 0.6) is 11.5 Å². The molecule has 1 fully saturated rings. The van der Waals surface area contributed by atoms with Crippen molar-refractivity contribution in [2.75, 3.05) is 20.7 Å².